The average Bonchev–Trinajstić information content (AvgIpc) is 3.50. The van der Waals surface area contributed by atoms with Crippen molar-refractivity contribution in [3.8, 4) is 22.4 Å². The molecule has 1 amide bonds. The topological polar surface area (TPSA) is 79.8 Å². The zero-order valence-electron chi connectivity index (χ0n) is 16.6. The monoisotopic (exact) mass is 436 g/mol. The van der Waals surface area contributed by atoms with Crippen molar-refractivity contribution in [2.45, 2.75) is 25.8 Å². The number of hydrogen-bond donors (Lipinski definition) is 2. The molecule has 1 aliphatic rings. The Balaban J connectivity index is 1.82. The number of carbonyl (C=O) groups is 1. The fourth-order valence-corrected chi connectivity index (χ4v) is 4.09. The van der Waals surface area contributed by atoms with Gasteiger partial charge >= 0.3 is 0 Å². The minimum atomic E-state index is -0.365. The summed E-state index contributed by atoms with van der Waals surface area (Å²) in [5.41, 5.74) is 3.06. The third-order valence-corrected chi connectivity index (χ3v) is 5.65. The van der Waals surface area contributed by atoms with Crippen LogP contribution in [0.1, 0.15) is 25.8 Å². The summed E-state index contributed by atoms with van der Waals surface area (Å²) in [7, 11) is 0. The zero-order chi connectivity index (χ0) is 21.7. The van der Waals surface area contributed by atoms with Crippen LogP contribution in [0.15, 0.2) is 53.6 Å². The molecule has 0 radical (unpaired) electrons. The molecule has 5 rings (SSSR count). The number of amides is 1. The highest BCUT2D eigenvalue weighted by Crippen LogP contribution is 2.41. The highest BCUT2D eigenvalue weighted by Gasteiger charge is 2.28. The van der Waals surface area contributed by atoms with Crippen LogP contribution in [0.4, 0.5) is 10.2 Å². The molecule has 6 nitrogen and oxygen atoms in total. The molecule has 0 saturated heterocycles. The highest BCUT2D eigenvalue weighted by molar-refractivity contribution is 6.35. The minimum Gasteiger partial charge on any atom is -0.353 e. The van der Waals surface area contributed by atoms with Gasteiger partial charge in [0, 0.05) is 36.5 Å². The van der Waals surface area contributed by atoms with Gasteiger partial charge < -0.3 is 14.9 Å². The van der Waals surface area contributed by atoms with Gasteiger partial charge in [0.25, 0.3) is 5.56 Å². The summed E-state index contributed by atoms with van der Waals surface area (Å²) in [6.07, 6.45) is 5.13. The molecule has 4 aromatic rings. The number of anilines is 1. The lowest BCUT2D eigenvalue weighted by Gasteiger charge is -2.09. The summed E-state index contributed by atoms with van der Waals surface area (Å²) in [6, 6.07) is 9.64. The molecule has 1 fully saturated rings. The van der Waals surface area contributed by atoms with Crippen LogP contribution < -0.4 is 10.9 Å². The SMILES string of the molecule is CC(=O)Nc1cc(-c2[nH]c3c(Cl)cn(C4CC4)c(=O)c3c2-c2ccc(F)cc2)ccn1. The van der Waals surface area contributed by atoms with Crippen molar-refractivity contribution < 1.29 is 9.18 Å². The first-order chi connectivity index (χ1) is 14.9. The molecule has 2 N–H and O–H groups in total. The van der Waals surface area contributed by atoms with E-state index < -0.39 is 0 Å². The smallest absolute Gasteiger partial charge is 0.260 e. The van der Waals surface area contributed by atoms with Gasteiger partial charge in [-0.15, -0.1) is 0 Å². The summed E-state index contributed by atoms with van der Waals surface area (Å²) in [5, 5.41) is 3.56. The van der Waals surface area contributed by atoms with Crippen LogP contribution in [-0.2, 0) is 4.79 Å². The molecule has 0 aliphatic heterocycles. The van der Waals surface area contributed by atoms with Crippen molar-refractivity contribution in [1.29, 1.82) is 0 Å². The third kappa shape index (κ3) is 3.51. The lowest BCUT2D eigenvalue weighted by Crippen LogP contribution is -2.18. The Kier molecular flexibility index (Phi) is 4.63. The number of nitrogens with one attached hydrogen (secondary N) is 2. The van der Waals surface area contributed by atoms with Crippen LogP contribution in [0.25, 0.3) is 33.3 Å². The quantitative estimate of drug-likeness (QED) is 0.464. The Labute approximate surface area is 181 Å². The van der Waals surface area contributed by atoms with Gasteiger partial charge in [0.1, 0.15) is 11.6 Å². The molecule has 3 heterocycles. The molecule has 1 saturated carbocycles. The third-order valence-electron chi connectivity index (χ3n) is 5.37. The van der Waals surface area contributed by atoms with Gasteiger partial charge in [-0.25, -0.2) is 9.37 Å². The lowest BCUT2D eigenvalue weighted by atomic mass is 9.99. The summed E-state index contributed by atoms with van der Waals surface area (Å²) in [6.45, 7) is 1.40. The van der Waals surface area contributed by atoms with Crippen LogP contribution in [0.5, 0.6) is 0 Å². The van der Waals surface area contributed by atoms with Crippen LogP contribution in [0, 0.1) is 5.82 Å². The maximum absolute atomic E-state index is 13.6. The van der Waals surface area contributed by atoms with Gasteiger partial charge in [0.05, 0.1) is 21.6 Å². The van der Waals surface area contributed by atoms with E-state index in [1.807, 2.05) is 0 Å². The maximum Gasteiger partial charge on any atom is 0.260 e. The molecule has 0 unspecified atom stereocenters. The standard InChI is InChI=1S/C23H18ClFN4O2/c1-12(30)27-18-10-14(8-9-26-18)21-19(13-2-4-15(25)5-3-13)20-22(28-21)17(24)11-29(23(20)31)16-6-7-16/h2-5,8-11,16,28H,6-7H2,1H3,(H,26,27,30). The molecule has 0 atom stereocenters. The first kappa shape index (κ1) is 19.5. The average molecular weight is 437 g/mol. The molecule has 31 heavy (non-hydrogen) atoms. The van der Waals surface area contributed by atoms with Gasteiger partial charge in [0.15, 0.2) is 0 Å². The Morgan fingerprint density at radius 3 is 2.65 bits per heavy atom. The first-order valence-corrected chi connectivity index (χ1v) is 10.3. The van der Waals surface area contributed by atoms with Gasteiger partial charge in [-0.3, -0.25) is 9.59 Å². The predicted octanol–water partition coefficient (Wildman–Crippen LogP) is 5.14. The van der Waals surface area contributed by atoms with Crippen molar-refractivity contribution in [3.05, 3.63) is 70.0 Å². The number of aromatic nitrogens is 3. The molecule has 0 bridgehead atoms. The number of hydrogen-bond acceptors (Lipinski definition) is 3. The largest absolute Gasteiger partial charge is 0.353 e. The molecule has 1 aromatic carbocycles. The lowest BCUT2D eigenvalue weighted by molar-refractivity contribution is -0.114. The number of pyridine rings is 2. The molecular formula is C23H18ClFN4O2. The zero-order valence-corrected chi connectivity index (χ0v) is 17.3. The second-order valence-corrected chi connectivity index (χ2v) is 8.07. The van der Waals surface area contributed by atoms with Gasteiger partial charge in [-0.1, -0.05) is 23.7 Å². The van der Waals surface area contributed by atoms with Crippen LogP contribution in [0.3, 0.4) is 0 Å². The fraction of sp³-hybridized carbons (Fsp3) is 0.174. The molecule has 8 heteroatoms. The fourth-order valence-electron chi connectivity index (χ4n) is 3.85. The number of halogens is 2. The first-order valence-electron chi connectivity index (χ1n) is 9.88. The summed E-state index contributed by atoms with van der Waals surface area (Å²) in [5.74, 6) is -0.221. The molecule has 156 valence electrons. The van der Waals surface area contributed by atoms with Gasteiger partial charge in [0.2, 0.25) is 5.91 Å². The number of aromatic amines is 1. The Hall–Kier alpha value is -3.45. The highest BCUT2D eigenvalue weighted by atomic mass is 35.5. The molecule has 1 aliphatic carbocycles. The predicted molar refractivity (Wildman–Crippen MR) is 119 cm³/mol. The van der Waals surface area contributed by atoms with Crippen molar-refractivity contribution >= 4 is 34.2 Å². The van der Waals surface area contributed by atoms with Crippen LogP contribution in [-0.4, -0.2) is 20.4 Å². The minimum absolute atomic E-state index is 0.139. The maximum atomic E-state index is 13.6. The van der Waals surface area contributed by atoms with Crippen molar-refractivity contribution in [3.63, 3.8) is 0 Å². The van der Waals surface area contributed by atoms with E-state index in [1.165, 1.54) is 19.1 Å². The molecular weight excluding hydrogens is 419 g/mol. The van der Waals surface area contributed by atoms with Crippen molar-refractivity contribution in [1.82, 2.24) is 14.5 Å². The van der Waals surface area contributed by atoms with Gasteiger partial charge in [-0.2, -0.15) is 0 Å². The van der Waals surface area contributed by atoms with Crippen molar-refractivity contribution in [2.75, 3.05) is 5.32 Å². The summed E-state index contributed by atoms with van der Waals surface area (Å²) in [4.78, 5) is 32.3. The van der Waals surface area contributed by atoms with Gasteiger partial charge in [-0.05, 0) is 42.7 Å². The van der Waals surface area contributed by atoms with Crippen molar-refractivity contribution in [2.24, 2.45) is 0 Å². The molecule has 3 aromatic heterocycles. The number of nitrogens with zero attached hydrogens (tertiary/aromatic N) is 2. The number of rotatable bonds is 4. The molecule has 0 spiro atoms. The van der Waals surface area contributed by atoms with E-state index >= 15 is 0 Å². The van der Waals surface area contributed by atoms with E-state index in [0.717, 1.165) is 12.8 Å². The Morgan fingerprint density at radius 1 is 1.23 bits per heavy atom. The van der Waals surface area contributed by atoms with Crippen LogP contribution >= 0.6 is 11.6 Å². The second kappa shape index (κ2) is 7.35. The van der Waals surface area contributed by atoms with E-state index in [-0.39, 0.29) is 23.3 Å². The van der Waals surface area contributed by atoms with E-state index in [4.69, 9.17) is 11.6 Å². The van der Waals surface area contributed by atoms with E-state index in [0.29, 0.717) is 44.1 Å². The number of benzene rings is 1. The van der Waals surface area contributed by atoms with E-state index in [2.05, 4.69) is 15.3 Å². The van der Waals surface area contributed by atoms with E-state index in [9.17, 15) is 14.0 Å². The van der Waals surface area contributed by atoms with E-state index in [1.54, 1.807) is 41.2 Å². The Morgan fingerprint density at radius 2 is 1.97 bits per heavy atom. The summed E-state index contributed by atoms with van der Waals surface area (Å²) >= 11 is 6.57. The normalized spacial score (nSPS) is 13.5. The van der Waals surface area contributed by atoms with Crippen LogP contribution in [0.2, 0.25) is 5.02 Å². The summed E-state index contributed by atoms with van der Waals surface area (Å²) < 4.78 is 15.3. The second-order valence-electron chi connectivity index (χ2n) is 7.66. The Bertz CT molecular complexity index is 1390. The number of carbonyl (C=O) groups excluding carboxylic acids is 1. The number of fused-ring (bicyclic) bond motifs is 1. The number of H-pyrrole nitrogens is 1.